The summed E-state index contributed by atoms with van der Waals surface area (Å²) in [5, 5.41) is -0.112. The predicted octanol–water partition coefficient (Wildman–Crippen LogP) is 4.14. The Bertz CT molecular complexity index is 199. The third-order valence-corrected chi connectivity index (χ3v) is 4.56. The van der Waals surface area contributed by atoms with Crippen molar-refractivity contribution in [2.24, 2.45) is 17.8 Å². The second-order valence-electron chi connectivity index (χ2n) is 5.31. The van der Waals surface area contributed by atoms with Gasteiger partial charge in [0.1, 0.15) is 0 Å². The second-order valence-corrected chi connectivity index (χ2v) is 5.73. The molecule has 2 heteroatoms. The van der Waals surface area contributed by atoms with Crippen LogP contribution in [-0.2, 0) is 4.79 Å². The molecule has 0 radical (unpaired) electrons. The molecule has 1 nitrogen and oxygen atoms in total. The van der Waals surface area contributed by atoms with E-state index in [9.17, 15) is 4.79 Å². The highest BCUT2D eigenvalue weighted by molar-refractivity contribution is 6.63. The standard InChI is InChI=1S/C13H21ClO/c14-13(15)9-12(10-5-1-2-6-10)11-7-3-4-8-11/h10-12H,1-9H2. The van der Waals surface area contributed by atoms with Crippen molar-refractivity contribution in [3.05, 3.63) is 0 Å². The molecule has 0 saturated heterocycles. The van der Waals surface area contributed by atoms with Gasteiger partial charge in [0.2, 0.25) is 5.24 Å². The third kappa shape index (κ3) is 2.96. The number of hydrogen-bond acceptors (Lipinski definition) is 1. The highest BCUT2D eigenvalue weighted by Gasteiger charge is 2.33. The Balaban J connectivity index is 1.97. The van der Waals surface area contributed by atoms with Crippen molar-refractivity contribution in [3.63, 3.8) is 0 Å². The van der Waals surface area contributed by atoms with Crippen molar-refractivity contribution in [2.45, 2.75) is 57.8 Å². The molecule has 0 aliphatic heterocycles. The molecule has 2 aliphatic rings. The average molecular weight is 229 g/mol. The van der Waals surface area contributed by atoms with Crippen molar-refractivity contribution >= 4 is 16.8 Å². The molecule has 15 heavy (non-hydrogen) atoms. The summed E-state index contributed by atoms with van der Waals surface area (Å²) in [4.78, 5) is 11.1. The molecule has 2 saturated carbocycles. The van der Waals surface area contributed by atoms with Crippen LogP contribution in [0.3, 0.4) is 0 Å². The van der Waals surface area contributed by atoms with E-state index in [4.69, 9.17) is 11.6 Å². The van der Waals surface area contributed by atoms with Gasteiger partial charge in [-0.15, -0.1) is 0 Å². The molecule has 86 valence electrons. The van der Waals surface area contributed by atoms with E-state index in [-0.39, 0.29) is 5.24 Å². The molecular formula is C13H21ClO. The maximum atomic E-state index is 11.1. The summed E-state index contributed by atoms with van der Waals surface area (Å²) < 4.78 is 0. The molecule has 2 fully saturated rings. The van der Waals surface area contributed by atoms with Crippen LogP contribution in [0.1, 0.15) is 57.8 Å². The van der Waals surface area contributed by atoms with Gasteiger partial charge >= 0.3 is 0 Å². The van der Waals surface area contributed by atoms with Gasteiger partial charge in [0.25, 0.3) is 0 Å². The van der Waals surface area contributed by atoms with E-state index in [1.807, 2.05) is 0 Å². The molecule has 2 aliphatic carbocycles. The lowest BCUT2D eigenvalue weighted by Gasteiger charge is -2.27. The Morgan fingerprint density at radius 3 is 1.73 bits per heavy atom. The van der Waals surface area contributed by atoms with Crippen LogP contribution in [0.4, 0.5) is 0 Å². The van der Waals surface area contributed by atoms with Crippen LogP contribution < -0.4 is 0 Å². The van der Waals surface area contributed by atoms with Gasteiger partial charge in [-0.3, -0.25) is 4.79 Å². The molecular weight excluding hydrogens is 208 g/mol. The fourth-order valence-corrected chi connectivity index (χ4v) is 3.85. The maximum absolute atomic E-state index is 11.1. The number of carbonyl (C=O) groups excluding carboxylic acids is 1. The first-order chi connectivity index (χ1) is 7.27. The topological polar surface area (TPSA) is 17.1 Å². The van der Waals surface area contributed by atoms with E-state index in [1.54, 1.807) is 0 Å². The lowest BCUT2D eigenvalue weighted by Crippen LogP contribution is -2.22. The van der Waals surface area contributed by atoms with Crippen LogP contribution in [0.15, 0.2) is 0 Å². The van der Waals surface area contributed by atoms with E-state index in [2.05, 4.69) is 0 Å². The Hall–Kier alpha value is -0.0400. The number of halogens is 1. The largest absolute Gasteiger partial charge is 0.281 e. The minimum atomic E-state index is -0.112. The van der Waals surface area contributed by atoms with Crippen molar-refractivity contribution in [2.75, 3.05) is 0 Å². The van der Waals surface area contributed by atoms with Crippen molar-refractivity contribution < 1.29 is 4.79 Å². The van der Waals surface area contributed by atoms with Crippen LogP contribution in [0, 0.1) is 17.8 Å². The average Bonchev–Trinajstić information content (AvgIpc) is 2.87. The van der Waals surface area contributed by atoms with E-state index in [1.165, 1.54) is 51.4 Å². The summed E-state index contributed by atoms with van der Waals surface area (Å²) in [6, 6.07) is 0. The van der Waals surface area contributed by atoms with Crippen LogP contribution in [-0.4, -0.2) is 5.24 Å². The minimum absolute atomic E-state index is 0.112. The first kappa shape index (κ1) is 11.4. The normalized spacial score (nSPS) is 24.1. The minimum Gasteiger partial charge on any atom is -0.281 e. The van der Waals surface area contributed by atoms with Gasteiger partial charge in [-0.25, -0.2) is 0 Å². The van der Waals surface area contributed by atoms with Crippen molar-refractivity contribution in [3.8, 4) is 0 Å². The summed E-state index contributed by atoms with van der Waals surface area (Å²) in [7, 11) is 0. The predicted molar refractivity (Wildman–Crippen MR) is 62.9 cm³/mol. The maximum Gasteiger partial charge on any atom is 0.221 e. The summed E-state index contributed by atoms with van der Waals surface area (Å²) in [5.41, 5.74) is 0. The highest BCUT2D eigenvalue weighted by Crippen LogP contribution is 2.43. The molecule has 0 spiro atoms. The van der Waals surface area contributed by atoms with Crippen LogP contribution in [0.2, 0.25) is 0 Å². The molecule has 0 bridgehead atoms. The first-order valence-corrected chi connectivity index (χ1v) is 6.83. The molecule has 0 unspecified atom stereocenters. The summed E-state index contributed by atoms with van der Waals surface area (Å²) in [6.45, 7) is 0. The van der Waals surface area contributed by atoms with Gasteiger partial charge in [-0.1, -0.05) is 51.4 Å². The second kappa shape index (κ2) is 5.34. The van der Waals surface area contributed by atoms with Crippen LogP contribution >= 0.6 is 11.6 Å². The molecule has 0 aromatic rings. The van der Waals surface area contributed by atoms with Gasteiger partial charge in [0, 0.05) is 6.42 Å². The quantitative estimate of drug-likeness (QED) is 0.661. The summed E-state index contributed by atoms with van der Waals surface area (Å²) in [5.74, 6) is 2.21. The number of hydrogen-bond donors (Lipinski definition) is 0. The van der Waals surface area contributed by atoms with Gasteiger partial charge in [-0.2, -0.15) is 0 Å². The smallest absolute Gasteiger partial charge is 0.221 e. The Kier molecular flexibility index (Phi) is 4.07. The number of carbonyl (C=O) groups is 1. The van der Waals surface area contributed by atoms with E-state index in [0.29, 0.717) is 12.3 Å². The van der Waals surface area contributed by atoms with Crippen LogP contribution in [0.5, 0.6) is 0 Å². The lowest BCUT2D eigenvalue weighted by atomic mass is 9.78. The SMILES string of the molecule is O=C(Cl)CC(C1CCCC1)C1CCCC1. The van der Waals surface area contributed by atoms with Crippen molar-refractivity contribution in [1.29, 1.82) is 0 Å². The fraction of sp³-hybridized carbons (Fsp3) is 0.923. The lowest BCUT2D eigenvalue weighted by molar-refractivity contribution is -0.113. The third-order valence-electron chi connectivity index (χ3n) is 4.41. The monoisotopic (exact) mass is 228 g/mol. The molecule has 0 aromatic carbocycles. The van der Waals surface area contributed by atoms with Crippen LogP contribution in [0.25, 0.3) is 0 Å². The van der Waals surface area contributed by atoms with Crippen molar-refractivity contribution in [1.82, 2.24) is 0 Å². The Morgan fingerprint density at radius 2 is 1.40 bits per heavy atom. The Morgan fingerprint density at radius 1 is 1.00 bits per heavy atom. The highest BCUT2D eigenvalue weighted by atomic mass is 35.5. The molecule has 2 rings (SSSR count). The van der Waals surface area contributed by atoms with Gasteiger partial charge in [-0.05, 0) is 29.4 Å². The zero-order chi connectivity index (χ0) is 10.7. The Labute approximate surface area is 97.6 Å². The fourth-order valence-electron chi connectivity index (χ4n) is 3.67. The summed E-state index contributed by atoms with van der Waals surface area (Å²) in [6.07, 6.45) is 11.5. The zero-order valence-corrected chi connectivity index (χ0v) is 10.1. The number of rotatable bonds is 4. The first-order valence-electron chi connectivity index (χ1n) is 6.45. The van der Waals surface area contributed by atoms with Gasteiger partial charge < -0.3 is 0 Å². The van der Waals surface area contributed by atoms with E-state index < -0.39 is 0 Å². The molecule has 0 atom stereocenters. The van der Waals surface area contributed by atoms with E-state index in [0.717, 1.165) is 11.8 Å². The van der Waals surface area contributed by atoms with Gasteiger partial charge in [0.05, 0.1) is 0 Å². The molecule has 0 N–H and O–H groups in total. The van der Waals surface area contributed by atoms with Gasteiger partial charge in [0.15, 0.2) is 0 Å². The molecule has 0 heterocycles. The van der Waals surface area contributed by atoms with E-state index >= 15 is 0 Å². The molecule has 0 amide bonds. The summed E-state index contributed by atoms with van der Waals surface area (Å²) >= 11 is 5.59. The molecule has 0 aromatic heterocycles. The zero-order valence-electron chi connectivity index (χ0n) is 9.38.